The number of hydrogen-bond donors (Lipinski definition) is 1. The average Bonchev–Trinajstić information content (AvgIpc) is 2.67. The zero-order valence-corrected chi connectivity index (χ0v) is 10.8. The zero-order chi connectivity index (χ0) is 12.0. The molecule has 0 aromatic heterocycles. The lowest BCUT2D eigenvalue weighted by molar-refractivity contribution is -0.130. The fraction of sp³-hybridized carbons (Fsp3) is 0.923. The van der Waals surface area contributed by atoms with Crippen LogP contribution in [0, 0.1) is 5.41 Å². The van der Waals surface area contributed by atoms with Crippen molar-refractivity contribution in [3.63, 3.8) is 0 Å². The quantitative estimate of drug-likeness (QED) is 0.733. The van der Waals surface area contributed by atoms with Crippen LogP contribution in [-0.4, -0.2) is 25.2 Å². The van der Waals surface area contributed by atoms with Gasteiger partial charge in [0.1, 0.15) is 6.10 Å². The van der Waals surface area contributed by atoms with Gasteiger partial charge in [-0.1, -0.05) is 27.2 Å². The molecule has 0 unspecified atom stereocenters. The van der Waals surface area contributed by atoms with Crippen LogP contribution in [0.4, 0.5) is 0 Å². The van der Waals surface area contributed by atoms with Crippen molar-refractivity contribution in [2.45, 2.75) is 59.0 Å². The lowest BCUT2D eigenvalue weighted by atomic mass is 9.90. The number of amides is 1. The van der Waals surface area contributed by atoms with Crippen LogP contribution in [0.5, 0.6) is 0 Å². The number of unbranched alkanes of at least 4 members (excludes halogenated alkanes) is 1. The Morgan fingerprint density at radius 3 is 2.69 bits per heavy atom. The second kappa shape index (κ2) is 6.24. The molecule has 1 saturated heterocycles. The van der Waals surface area contributed by atoms with Gasteiger partial charge in [-0.3, -0.25) is 4.79 Å². The van der Waals surface area contributed by atoms with Gasteiger partial charge in [0.2, 0.25) is 5.91 Å². The number of hydrogen-bond acceptors (Lipinski definition) is 2. The van der Waals surface area contributed by atoms with Crippen molar-refractivity contribution in [3.8, 4) is 0 Å². The second-order valence-corrected chi connectivity index (χ2v) is 5.81. The number of carbonyl (C=O) groups excluding carboxylic acids is 1. The minimum atomic E-state index is -0.178. The number of carbonyl (C=O) groups is 1. The molecule has 16 heavy (non-hydrogen) atoms. The normalized spacial score (nSPS) is 21.1. The largest absolute Gasteiger partial charge is 0.368 e. The minimum Gasteiger partial charge on any atom is -0.368 e. The van der Waals surface area contributed by atoms with Gasteiger partial charge in [0.05, 0.1) is 0 Å². The Labute approximate surface area is 98.9 Å². The Balaban J connectivity index is 2.00. The Bertz CT molecular complexity index is 214. The molecule has 1 atom stereocenters. The van der Waals surface area contributed by atoms with Gasteiger partial charge < -0.3 is 10.1 Å². The number of nitrogens with one attached hydrogen (secondary N) is 1. The van der Waals surface area contributed by atoms with Gasteiger partial charge in [-0.15, -0.1) is 0 Å². The maximum atomic E-state index is 11.6. The van der Waals surface area contributed by atoms with Crippen molar-refractivity contribution in [2.24, 2.45) is 5.41 Å². The van der Waals surface area contributed by atoms with E-state index in [-0.39, 0.29) is 12.0 Å². The van der Waals surface area contributed by atoms with Crippen molar-refractivity contribution in [1.29, 1.82) is 0 Å². The molecule has 0 saturated carbocycles. The molecule has 1 aliphatic heterocycles. The molecule has 0 aromatic rings. The second-order valence-electron chi connectivity index (χ2n) is 5.81. The number of rotatable bonds is 5. The van der Waals surface area contributed by atoms with Gasteiger partial charge in [-0.05, 0) is 31.1 Å². The van der Waals surface area contributed by atoms with Crippen LogP contribution in [0.15, 0.2) is 0 Å². The van der Waals surface area contributed by atoms with Gasteiger partial charge in [0.15, 0.2) is 0 Å². The molecular formula is C13H25NO2. The standard InChI is InChI=1S/C13H25NO2/c1-13(2,3)8-4-5-9-14-12(15)11-7-6-10-16-11/h11H,4-10H2,1-3H3,(H,14,15)/t11-/m1/s1. The molecule has 3 heteroatoms. The maximum Gasteiger partial charge on any atom is 0.249 e. The van der Waals surface area contributed by atoms with Gasteiger partial charge in [-0.2, -0.15) is 0 Å². The molecule has 0 aromatic carbocycles. The molecule has 94 valence electrons. The van der Waals surface area contributed by atoms with E-state index in [1.165, 1.54) is 12.8 Å². The highest BCUT2D eigenvalue weighted by Gasteiger charge is 2.22. The van der Waals surface area contributed by atoms with Crippen LogP contribution in [-0.2, 0) is 9.53 Å². The van der Waals surface area contributed by atoms with Crippen molar-refractivity contribution in [1.82, 2.24) is 5.32 Å². The Kier molecular flexibility index (Phi) is 5.26. The van der Waals surface area contributed by atoms with E-state index in [0.717, 1.165) is 32.4 Å². The molecule has 1 N–H and O–H groups in total. The van der Waals surface area contributed by atoms with E-state index in [2.05, 4.69) is 26.1 Å². The van der Waals surface area contributed by atoms with Gasteiger partial charge in [0, 0.05) is 13.2 Å². The molecule has 0 bridgehead atoms. The lowest BCUT2D eigenvalue weighted by Gasteiger charge is -2.17. The highest BCUT2D eigenvalue weighted by molar-refractivity contribution is 5.80. The van der Waals surface area contributed by atoms with Crippen LogP contribution >= 0.6 is 0 Å². The lowest BCUT2D eigenvalue weighted by Crippen LogP contribution is -2.34. The summed E-state index contributed by atoms with van der Waals surface area (Å²) >= 11 is 0. The summed E-state index contributed by atoms with van der Waals surface area (Å²) in [4.78, 5) is 11.6. The van der Waals surface area contributed by atoms with Crippen molar-refractivity contribution in [2.75, 3.05) is 13.2 Å². The molecular weight excluding hydrogens is 202 g/mol. The third kappa shape index (κ3) is 5.50. The zero-order valence-electron chi connectivity index (χ0n) is 10.8. The predicted octanol–water partition coefficient (Wildman–Crippen LogP) is 2.50. The average molecular weight is 227 g/mol. The summed E-state index contributed by atoms with van der Waals surface area (Å²) in [6, 6.07) is 0. The first-order valence-corrected chi connectivity index (χ1v) is 6.38. The smallest absolute Gasteiger partial charge is 0.249 e. The molecule has 1 heterocycles. The Morgan fingerprint density at radius 1 is 1.38 bits per heavy atom. The minimum absolute atomic E-state index is 0.0771. The predicted molar refractivity (Wildman–Crippen MR) is 65.3 cm³/mol. The molecule has 1 amide bonds. The first-order valence-electron chi connectivity index (χ1n) is 6.38. The van der Waals surface area contributed by atoms with E-state index in [1.54, 1.807) is 0 Å². The number of ether oxygens (including phenoxy) is 1. The third-order valence-electron chi connectivity index (χ3n) is 2.87. The molecule has 3 nitrogen and oxygen atoms in total. The fourth-order valence-electron chi connectivity index (χ4n) is 1.89. The van der Waals surface area contributed by atoms with E-state index in [0.29, 0.717) is 5.41 Å². The van der Waals surface area contributed by atoms with Crippen LogP contribution < -0.4 is 5.32 Å². The third-order valence-corrected chi connectivity index (χ3v) is 2.87. The van der Waals surface area contributed by atoms with Crippen molar-refractivity contribution in [3.05, 3.63) is 0 Å². The topological polar surface area (TPSA) is 38.3 Å². The molecule has 0 aliphatic carbocycles. The van der Waals surface area contributed by atoms with Gasteiger partial charge >= 0.3 is 0 Å². The summed E-state index contributed by atoms with van der Waals surface area (Å²) < 4.78 is 5.31. The van der Waals surface area contributed by atoms with Crippen LogP contribution in [0.3, 0.4) is 0 Å². The SMILES string of the molecule is CC(C)(C)CCCCNC(=O)[C@H]1CCCO1. The molecule has 0 radical (unpaired) electrons. The van der Waals surface area contributed by atoms with E-state index in [4.69, 9.17) is 4.74 Å². The monoisotopic (exact) mass is 227 g/mol. The summed E-state index contributed by atoms with van der Waals surface area (Å²) in [7, 11) is 0. The van der Waals surface area contributed by atoms with Gasteiger partial charge in [0.25, 0.3) is 0 Å². The Morgan fingerprint density at radius 2 is 2.12 bits per heavy atom. The van der Waals surface area contributed by atoms with Crippen LogP contribution in [0.1, 0.15) is 52.9 Å². The first-order chi connectivity index (χ1) is 7.49. The summed E-state index contributed by atoms with van der Waals surface area (Å²) in [5.74, 6) is 0.0771. The van der Waals surface area contributed by atoms with E-state index >= 15 is 0 Å². The molecule has 1 rings (SSSR count). The fourth-order valence-corrected chi connectivity index (χ4v) is 1.89. The maximum absolute atomic E-state index is 11.6. The van der Waals surface area contributed by atoms with Crippen molar-refractivity contribution >= 4 is 5.91 Å². The highest BCUT2D eigenvalue weighted by atomic mass is 16.5. The van der Waals surface area contributed by atoms with Crippen LogP contribution in [0.2, 0.25) is 0 Å². The van der Waals surface area contributed by atoms with E-state index < -0.39 is 0 Å². The van der Waals surface area contributed by atoms with Crippen LogP contribution in [0.25, 0.3) is 0 Å². The van der Waals surface area contributed by atoms with E-state index in [1.807, 2.05) is 0 Å². The first kappa shape index (κ1) is 13.5. The molecule has 1 fully saturated rings. The summed E-state index contributed by atoms with van der Waals surface area (Å²) in [5.41, 5.74) is 0.401. The van der Waals surface area contributed by atoms with Crippen molar-refractivity contribution < 1.29 is 9.53 Å². The molecule has 0 spiro atoms. The summed E-state index contributed by atoms with van der Waals surface area (Å²) in [6.45, 7) is 8.27. The Hall–Kier alpha value is -0.570. The summed E-state index contributed by atoms with van der Waals surface area (Å²) in [5, 5.41) is 2.95. The van der Waals surface area contributed by atoms with E-state index in [9.17, 15) is 4.79 Å². The molecule has 1 aliphatic rings. The highest BCUT2D eigenvalue weighted by Crippen LogP contribution is 2.21. The van der Waals surface area contributed by atoms with Gasteiger partial charge in [-0.25, -0.2) is 0 Å². The summed E-state index contributed by atoms with van der Waals surface area (Å²) in [6.07, 6.45) is 5.17.